The predicted octanol–water partition coefficient (Wildman–Crippen LogP) is 3.56. The van der Waals surface area contributed by atoms with Crippen LogP contribution in [-0.2, 0) is 19.4 Å². The minimum Gasteiger partial charge on any atom is -0.248 e. The van der Waals surface area contributed by atoms with Crippen LogP contribution in [-0.4, -0.2) is 15.0 Å². The van der Waals surface area contributed by atoms with Crippen LogP contribution in [0.2, 0.25) is 0 Å². The highest BCUT2D eigenvalue weighted by Gasteiger charge is 2.06. The molecule has 0 aliphatic heterocycles. The molecule has 2 aromatic carbocycles. The van der Waals surface area contributed by atoms with E-state index in [0.29, 0.717) is 19.4 Å². The maximum Gasteiger partial charge on any atom is 0.126 e. The van der Waals surface area contributed by atoms with Gasteiger partial charge in [0.05, 0.1) is 12.2 Å². The average Bonchev–Trinajstić information content (AvgIpc) is 2.95. The standard InChI is InChI=1S/C18H18FN3/c1-14-7-8-16(18(19)11-14)9-10-17-13-22(21-20-17)12-15-5-3-2-4-6-15/h2-8,11,13H,9-10,12H2,1H3. The lowest BCUT2D eigenvalue weighted by Crippen LogP contribution is -1.99. The van der Waals surface area contributed by atoms with Crippen LogP contribution < -0.4 is 0 Å². The molecule has 0 saturated carbocycles. The van der Waals surface area contributed by atoms with Crippen molar-refractivity contribution in [1.29, 1.82) is 0 Å². The minimum absolute atomic E-state index is 0.142. The fourth-order valence-corrected chi connectivity index (χ4v) is 2.42. The maximum atomic E-state index is 13.8. The second-order valence-corrected chi connectivity index (χ2v) is 5.49. The summed E-state index contributed by atoms with van der Waals surface area (Å²) in [4.78, 5) is 0. The Labute approximate surface area is 129 Å². The van der Waals surface area contributed by atoms with E-state index in [1.165, 1.54) is 5.56 Å². The second-order valence-electron chi connectivity index (χ2n) is 5.49. The summed E-state index contributed by atoms with van der Waals surface area (Å²) in [5.74, 6) is -0.142. The summed E-state index contributed by atoms with van der Waals surface area (Å²) in [6, 6.07) is 15.5. The summed E-state index contributed by atoms with van der Waals surface area (Å²) < 4.78 is 15.6. The Kier molecular flexibility index (Phi) is 4.28. The number of aryl methyl sites for hydroxylation is 3. The highest BCUT2D eigenvalue weighted by molar-refractivity contribution is 5.24. The van der Waals surface area contributed by atoms with Crippen LogP contribution in [0.1, 0.15) is 22.4 Å². The average molecular weight is 295 g/mol. The van der Waals surface area contributed by atoms with Crippen LogP contribution in [0, 0.1) is 12.7 Å². The molecular formula is C18H18FN3. The first-order valence-corrected chi connectivity index (χ1v) is 7.39. The quantitative estimate of drug-likeness (QED) is 0.720. The largest absolute Gasteiger partial charge is 0.248 e. The summed E-state index contributed by atoms with van der Waals surface area (Å²) in [7, 11) is 0. The van der Waals surface area contributed by atoms with Crippen molar-refractivity contribution >= 4 is 0 Å². The number of rotatable bonds is 5. The molecule has 1 aromatic heterocycles. The molecule has 22 heavy (non-hydrogen) atoms. The Balaban J connectivity index is 1.62. The fourth-order valence-electron chi connectivity index (χ4n) is 2.42. The van der Waals surface area contributed by atoms with E-state index in [2.05, 4.69) is 22.4 Å². The van der Waals surface area contributed by atoms with Crippen molar-refractivity contribution in [3.63, 3.8) is 0 Å². The smallest absolute Gasteiger partial charge is 0.126 e. The maximum absolute atomic E-state index is 13.8. The van der Waals surface area contributed by atoms with Crippen molar-refractivity contribution in [3.8, 4) is 0 Å². The lowest BCUT2D eigenvalue weighted by Gasteiger charge is -2.02. The number of aromatic nitrogens is 3. The molecule has 0 aliphatic rings. The number of hydrogen-bond donors (Lipinski definition) is 0. The highest BCUT2D eigenvalue weighted by Crippen LogP contribution is 2.12. The van der Waals surface area contributed by atoms with Crippen LogP contribution >= 0.6 is 0 Å². The summed E-state index contributed by atoms with van der Waals surface area (Å²) in [5, 5.41) is 8.30. The van der Waals surface area contributed by atoms with Gasteiger partial charge >= 0.3 is 0 Å². The molecule has 0 saturated heterocycles. The zero-order valence-corrected chi connectivity index (χ0v) is 12.5. The van der Waals surface area contributed by atoms with Gasteiger partial charge in [0.15, 0.2) is 0 Å². The SMILES string of the molecule is Cc1ccc(CCc2cn(Cc3ccccc3)nn2)c(F)c1. The van der Waals surface area contributed by atoms with Gasteiger partial charge in [-0.2, -0.15) is 0 Å². The van der Waals surface area contributed by atoms with E-state index in [1.807, 2.05) is 48.1 Å². The van der Waals surface area contributed by atoms with Gasteiger partial charge in [0, 0.05) is 6.20 Å². The number of halogens is 1. The summed E-state index contributed by atoms with van der Waals surface area (Å²) in [5.41, 5.74) is 3.73. The lowest BCUT2D eigenvalue weighted by molar-refractivity contribution is 0.606. The Hall–Kier alpha value is -2.49. The van der Waals surface area contributed by atoms with E-state index in [4.69, 9.17) is 0 Å². The third-order valence-electron chi connectivity index (χ3n) is 3.63. The van der Waals surface area contributed by atoms with Gasteiger partial charge in [-0.3, -0.25) is 0 Å². The zero-order chi connectivity index (χ0) is 15.4. The molecule has 0 bridgehead atoms. The van der Waals surface area contributed by atoms with E-state index < -0.39 is 0 Å². The van der Waals surface area contributed by atoms with Crippen LogP contribution in [0.5, 0.6) is 0 Å². The van der Waals surface area contributed by atoms with Gasteiger partial charge in [-0.15, -0.1) is 5.10 Å². The zero-order valence-electron chi connectivity index (χ0n) is 12.5. The van der Waals surface area contributed by atoms with E-state index in [-0.39, 0.29) is 5.82 Å². The molecule has 0 N–H and O–H groups in total. The fraction of sp³-hybridized carbons (Fsp3) is 0.222. The summed E-state index contributed by atoms with van der Waals surface area (Å²) in [6.45, 7) is 2.59. The van der Waals surface area contributed by atoms with Gasteiger partial charge in [0.25, 0.3) is 0 Å². The predicted molar refractivity (Wildman–Crippen MR) is 84.1 cm³/mol. The lowest BCUT2D eigenvalue weighted by atomic mass is 10.1. The van der Waals surface area contributed by atoms with Gasteiger partial charge < -0.3 is 0 Å². The molecule has 4 heteroatoms. The van der Waals surface area contributed by atoms with Crippen LogP contribution in [0.25, 0.3) is 0 Å². The van der Waals surface area contributed by atoms with Gasteiger partial charge in [0.1, 0.15) is 5.82 Å². The minimum atomic E-state index is -0.142. The van der Waals surface area contributed by atoms with Crippen LogP contribution in [0.3, 0.4) is 0 Å². The van der Waals surface area contributed by atoms with Crippen molar-refractivity contribution in [2.45, 2.75) is 26.3 Å². The number of benzene rings is 2. The molecule has 0 spiro atoms. The first-order chi connectivity index (χ1) is 10.7. The third kappa shape index (κ3) is 3.58. The molecule has 0 amide bonds. The Morgan fingerprint density at radius 1 is 1.05 bits per heavy atom. The van der Waals surface area contributed by atoms with E-state index in [9.17, 15) is 4.39 Å². The monoisotopic (exact) mass is 295 g/mol. The Bertz CT molecular complexity index is 750. The van der Waals surface area contributed by atoms with Crippen molar-refractivity contribution in [3.05, 3.63) is 82.9 Å². The van der Waals surface area contributed by atoms with Gasteiger partial charge in [-0.1, -0.05) is 47.7 Å². The summed E-state index contributed by atoms with van der Waals surface area (Å²) >= 11 is 0. The molecular weight excluding hydrogens is 277 g/mol. The highest BCUT2D eigenvalue weighted by atomic mass is 19.1. The van der Waals surface area contributed by atoms with Crippen molar-refractivity contribution in [1.82, 2.24) is 15.0 Å². The van der Waals surface area contributed by atoms with Gasteiger partial charge in [-0.05, 0) is 42.5 Å². The summed E-state index contributed by atoms with van der Waals surface area (Å²) in [6.07, 6.45) is 3.25. The first kappa shape index (κ1) is 14.4. The topological polar surface area (TPSA) is 30.7 Å². The van der Waals surface area contributed by atoms with Gasteiger partial charge in [0.2, 0.25) is 0 Å². The van der Waals surface area contributed by atoms with E-state index >= 15 is 0 Å². The van der Waals surface area contributed by atoms with Crippen molar-refractivity contribution in [2.75, 3.05) is 0 Å². The molecule has 3 rings (SSSR count). The van der Waals surface area contributed by atoms with E-state index in [0.717, 1.165) is 16.8 Å². The van der Waals surface area contributed by atoms with Crippen molar-refractivity contribution < 1.29 is 4.39 Å². The molecule has 3 nitrogen and oxygen atoms in total. The van der Waals surface area contributed by atoms with E-state index in [1.54, 1.807) is 6.07 Å². The first-order valence-electron chi connectivity index (χ1n) is 7.39. The normalized spacial score (nSPS) is 10.8. The molecule has 0 atom stereocenters. The number of nitrogens with zero attached hydrogens (tertiary/aromatic N) is 3. The second kappa shape index (κ2) is 6.52. The van der Waals surface area contributed by atoms with Gasteiger partial charge in [-0.25, -0.2) is 9.07 Å². The molecule has 0 fully saturated rings. The Morgan fingerprint density at radius 3 is 2.64 bits per heavy atom. The van der Waals surface area contributed by atoms with Crippen LogP contribution in [0.15, 0.2) is 54.7 Å². The molecule has 0 unspecified atom stereocenters. The Morgan fingerprint density at radius 2 is 1.86 bits per heavy atom. The molecule has 3 aromatic rings. The molecule has 0 aliphatic carbocycles. The number of hydrogen-bond acceptors (Lipinski definition) is 2. The molecule has 1 heterocycles. The molecule has 112 valence electrons. The van der Waals surface area contributed by atoms with Crippen molar-refractivity contribution in [2.24, 2.45) is 0 Å². The molecule has 0 radical (unpaired) electrons. The van der Waals surface area contributed by atoms with Crippen LogP contribution in [0.4, 0.5) is 4.39 Å². The third-order valence-corrected chi connectivity index (χ3v) is 3.63.